The Kier molecular flexibility index (Phi) is 3.67. The number of nitrogens with one attached hydrogen (secondary N) is 1. The molecule has 0 bridgehead atoms. The molecule has 0 saturated carbocycles. The van der Waals surface area contributed by atoms with E-state index in [1.54, 1.807) is 4.90 Å². The summed E-state index contributed by atoms with van der Waals surface area (Å²) in [6.07, 6.45) is 4.51. The molecule has 1 saturated heterocycles. The van der Waals surface area contributed by atoms with Crippen molar-refractivity contribution < 1.29 is 13.2 Å². The minimum Gasteiger partial charge on any atom is -0.342 e. The maximum Gasteiger partial charge on any atom is 0.246 e. The maximum atomic E-state index is 12.0. The molecule has 0 atom stereocenters. The van der Waals surface area contributed by atoms with Gasteiger partial charge in [-0.2, -0.15) is 9.40 Å². The maximum absolute atomic E-state index is 12.0. The van der Waals surface area contributed by atoms with Crippen molar-refractivity contribution in [3.8, 4) is 0 Å². The quantitative estimate of drug-likeness (QED) is 0.812. The van der Waals surface area contributed by atoms with Crippen LogP contribution < -0.4 is 0 Å². The molecule has 0 unspecified atom stereocenters. The predicted molar refractivity (Wildman–Crippen MR) is 64.2 cm³/mol. The number of hydrogen-bond acceptors (Lipinski definition) is 4. The topological polar surface area (TPSA) is 86.4 Å². The molecular formula is C10H16N4O3S. The molecule has 2 rings (SSSR count). The zero-order valence-corrected chi connectivity index (χ0v) is 11.0. The van der Waals surface area contributed by atoms with Crippen molar-refractivity contribution >= 4 is 15.9 Å². The second-order valence-electron chi connectivity index (χ2n) is 4.28. The molecule has 1 aliphatic heterocycles. The van der Waals surface area contributed by atoms with Crippen LogP contribution in [0.25, 0.3) is 0 Å². The van der Waals surface area contributed by atoms with Crippen LogP contribution in [0.1, 0.15) is 12.8 Å². The van der Waals surface area contributed by atoms with E-state index in [1.165, 1.54) is 19.4 Å². The fourth-order valence-corrected chi connectivity index (χ4v) is 2.93. The first kappa shape index (κ1) is 13.0. The van der Waals surface area contributed by atoms with Crippen LogP contribution in [-0.2, 0) is 14.8 Å². The largest absolute Gasteiger partial charge is 0.342 e. The molecule has 1 aliphatic rings. The number of H-pyrrole nitrogens is 1. The minimum atomic E-state index is -3.63. The van der Waals surface area contributed by atoms with Gasteiger partial charge in [-0.3, -0.25) is 9.89 Å². The van der Waals surface area contributed by atoms with E-state index in [4.69, 9.17) is 0 Å². The summed E-state index contributed by atoms with van der Waals surface area (Å²) in [5.74, 6) is -0.151. The van der Waals surface area contributed by atoms with E-state index >= 15 is 0 Å². The van der Waals surface area contributed by atoms with Crippen LogP contribution in [0.5, 0.6) is 0 Å². The molecule has 2 heterocycles. The lowest BCUT2D eigenvalue weighted by molar-refractivity contribution is -0.130. The number of amides is 1. The third-order valence-electron chi connectivity index (χ3n) is 3.00. The lowest BCUT2D eigenvalue weighted by Crippen LogP contribution is -2.39. The minimum absolute atomic E-state index is 0.0687. The number of likely N-dealkylation sites (N-methyl/N-ethyl adjacent to an activating group) is 1. The molecule has 1 N–H and O–H groups in total. The Labute approximate surface area is 106 Å². The zero-order valence-electron chi connectivity index (χ0n) is 10.2. The third-order valence-corrected chi connectivity index (χ3v) is 4.77. The Hall–Kier alpha value is -1.41. The van der Waals surface area contributed by atoms with Gasteiger partial charge >= 0.3 is 0 Å². The number of carbonyl (C=O) groups is 1. The van der Waals surface area contributed by atoms with E-state index in [9.17, 15) is 13.2 Å². The average molecular weight is 272 g/mol. The van der Waals surface area contributed by atoms with Crippen LogP contribution in [-0.4, -0.2) is 60.4 Å². The van der Waals surface area contributed by atoms with Crippen molar-refractivity contribution in [2.24, 2.45) is 0 Å². The highest BCUT2D eigenvalue weighted by Crippen LogP contribution is 2.13. The number of likely N-dealkylation sites (tertiary alicyclic amines) is 1. The van der Waals surface area contributed by atoms with Gasteiger partial charge in [-0.15, -0.1) is 0 Å². The van der Waals surface area contributed by atoms with Crippen LogP contribution in [0.4, 0.5) is 0 Å². The Morgan fingerprint density at radius 3 is 2.72 bits per heavy atom. The Morgan fingerprint density at radius 1 is 1.50 bits per heavy atom. The SMILES string of the molecule is CN(CC(=O)N1CCCC1)S(=O)(=O)c1cn[nH]c1. The molecule has 1 fully saturated rings. The molecule has 0 aliphatic carbocycles. The van der Waals surface area contributed by atoms with Gasteiger partial charge in [-0.05, 0) is 12.8 Å². The molecule has 18 heavy (non-hydrogen) atoms. The van der Waals surface area contributed by atoms with Gasteiger partial charge in [-0.25, -0.2) is 8.42 Å². The fraction of sp³-hybridized carbons (Fsp3) is 0.600. The van der Waals surface area contributed by atoms with Crippen LogP contribution in [0.3, 0.4) is 0 Å². The third kappa shape index (κ3) is 2.54. The second kappa shape index (κ2) is 5.07. The summed E-state index contributed by atoms with van der Waals surface area (Å²) in [6.45, 7) is 1.31. The van der Waals surface area contributed by atoms with E-state index in [2.05, 4.69) is 10.2 Å². The van der Waals surface area contributed by atoms with E-state index in [-0.39, 0.29) is 17.3 Å². The molecular weight excluding hydrogens is 256 g/mol. The summed E-state index contributed by atoms with van der Waals surface area (Å²) >= 11 is 0. The molecule has 100 valence electrons. The molecule has 1 aromatic rings. The zero-order chi connectivity index (χ0) is 13.2. The van der Waals surface area contributed by atoms with Gasteiger partial charge < -0.3 is 4.90 Å². The van der Waals surface area contributed by atoms with Gasteiger partial charge in [0.1, 0.15) is 4.90 Å². The summed E-state index contributed by atoms with van der Waals surface area (Å²) < 4.78 is 25.1. The summed E-state index contributed by atoms with van der Waals surface area (Å²) in [4.78, 5) is 13.6. The second-order valence-corrected chi connectivity index (χ2v) is 6.33. The molecule has 1 aromatic heterocycles. The van der Waals surface area contributed by atoms with Crippen molar-refractivity contribution in [2.45, 2.75) is 17.7 Å². The molecule has 1 amide bonds. The van der Waals surface area contributed by atoms with Crippen molar-refractivity contribution in [2.75, 3.05) is 26.7 Å². The smallest absolute Gasteiger partial charge is 0.246 e. The number of aromatic amines is 1. The summed E-state index contributed by atoms with van der Waals surface area (Å²) in [5, 5.41) is 6.05. The highest BCUT2D eigenvalue weighted by molar-refractivity contribution is 7.89. The molecule has 8 heteroatoms. The first-order valence-corrected chi connectivity index (χ1v) is 7.19. The van der Waals surface area contributed by atoms with Gasteiger partial charge in [0, 0.05) is 26.3 Å². The number of nitrogens with zero attached hydrogens (tertiary/aromatic N) is 3. The Bertz CT molecular complexity index is 505. The predicted octanol–water partition coefficient (Wildman–Crippen LogP) is -0.347. The first-order valence-electron chi connectivity index (χ1n) is 5.75. The highest BCUT2D eigenvalue weighted by atomic mass is 32.2. The van der Waals surface area contributed by atoms with Gasteiger partial charge in [-0.1, -0.05) is 0 Å². The first-order chi connectivity index (χ1) is 8.51. The van der Waals surface area contributed by atoms with Gasteiger partial charge in [0.05, 0.1) is 12.7 Å². The number of aromatic nitrogens is 2. The van der Waals surface area contributed by atoms with E-state index in [0.29, 0.717) is 0 Å². The number of hydrogen-bond donors (Lipinski definition) is 1. The van der Waals surface area contributed by atoms with Crippen molar-refractivity contribution in [1.82, 2.24) is 19.4 Å². The Morgan fingerprint density at radius 2 is 2.17 bits per heavy atom. The normalized spacial score (nSPS) is 16.4. The summed E-state index contributed by atoms with van der Waals surface area (Å²) in [7, 11) is -2.23. The number of rotatable bonds is 4. The van der Waals surface area contributed by atoms with Gasteiger partial charge in [0.2, 0.25) is 15.9 Å². The molecule has 7 nitrogen and oxygen atoms in total. The molecule has 0 spiro atoms. The standard InChI is InChI=1S/C10H16N4O3S/c1-13(8-10(15)14-4-2-3-5-14)18(16,17)9-6-11-12-7-9/h6-7H,2-5,8H2,1H3,(H,11,12). The van der Waals surface area contributed by atoms with Crippen LogP contribution in [0.2, 0.25) is 0 Å². The van der Waals surface area contributed by atoms with Crippen LogP contribution >= 0.6 is 0 Å². The van der Waals surface area contributed by atoms with Crippen LogP contribution in [0, 0.1) is 0 Å². The van der Waals surface area contributed by atoms with E-state index < -0.39 is 10.0 Å². The van der Waals surface area contributed by atoms with Gasteiger partial charge in [0.15, 0.2) is 0 Å². The lowest BCUT2D eigenvalue weighted by atomic mass is 10.4. The van der Waals surface area contributed by atoms with E-state index in [1.807, 2.05) is 0 Å². The van der Waals surface area contributed by atoms with Crippen molar-refractivity contribution in [3.63, 3.8) is 0 Å². The number of carbonyl (C=O) groups excluding carboxylic acids is 1. The highest BCUT2D eigenvalue weighted by Gasteiger charge is 2.26. The van der Waals surface area contributed by atoms with Crippen LogP contribution in [0.15, 0.2) is 17.3 Å². The Balaban J connectivity index is 2.03. The van der Waals surface area contributed by atoms with E-state index in [0.717, 1.165) is 30.2 Å². The van der Waals surface area contributed by atoms with Gasteiger partial charge in [0.25, 0.3) is 0 Å². The van der Waals surface area contributed by atoms with Crippen molar-refractivity contribution in [1.29, 1.82) is 0 Å². The lowest BCUT2D eigenvalue weighted by Gasteiger charge is -2.20. The fourth-order valence-electron chi connectivity index (χ4n) is 1.90. The molecule has 0 aromatic carbocycles. The summed E-state index contributed by atoms with van der Waals surface area (Å²) in [5.41, 5.74) is 0. The monoisotopic (exact) mass is 272 g/mol. The average Bonchev–Trinajstić information content (AvgIpc) is 3.02. The molecule has 0 radical (unpaired) electrons. The number of sulfonamides is 1. The van der Waals surface area contributed by atoms with Crippen molar-refractivity contribution in [3.05, 3.63) is 12.4 Å². The summed E-state index contributed by atoms with van der Waals surface area (Å²) in [6, 6.07) is 0.